The third-order valence-corrected chi connectivity index (χ3v) is 5.32. The summed E-state index contributed by atoms with van der Waals surface area (Å²) in [6.45, 7) is 0. The number of nitrogens with one attached hydrogen (secondary N) is 2. The summed E-state index contributed by atoms with van der Waals surface area (Å²) in [5.74, 6) is 5.42. The topological polar surface area (TPSA) is 123 Å². The molecule has 9 heteroatoms. The van der Waals surface area contributed by atoms with Crippen LogP contribution in [0.5, 0.6) is 0 Å². The minimum Gasteiger partial charge on any atom is -0.324 e. The molecule has 0 saturated carbocycles. The normalized spacial score (nSPS) is 11.5. The van der Waals surface area contributed by atoms with E-state index in [1.54, 1.807) is 35.4 Å². The second kappa shape index (κ2) is 7.31. The standard InChI is InChI=1S/C19H16N6O2S/c20-25-28(26,27)16-7-5-15(6-8-16)23-19-21-10-9-18(24-19)14-11-13-3-1-2-4-17(13)22-12-14/h1-12,25H,20H2,(H,21,23,24). The zero-order valence-electron chi connectivity index (χ0n) is 14.6. The van der Waals surface area contributed by atoms with E-state index >= 15 is 0 Å². The number of sulfonamides is 1. The van der Waals surface area contributed by atoms with Crippen molar-refractivity contribution in [2.75, 3.05) is 5.32 Å². The molecule has 2 heterocycles. The smallest absolute Gasteiger partial charge is 0.253 e. The highest BCUT2D eigenvalue weighted by molar-refractivity contribution is 7.89. The molecule has 140 valence electrons. The van der Waals surface area contributed by atoms with Gasteiger partial charge in [0.2, 0.25) is 5.95 Å². The quantitative estimate of drug-likeness (QED) is 0.352. The summed E-state index contributed by atoms with van der Waals surface area (Å²) in [4.78, 5) is 15.0. The van der Waals surface area contributed by atoms with E-state index in [2.05, 4.69) is 20.3 Å². The minimum absolute atomic E-state index is 0.0671. The highest BCUT2D eigenvalue weighted by Crippen LogP contribution is 2.23. The molecule has 0 spiro atoms. The van der Waals surface area contributed by atoms with Gasteiger partial charge in [0.05, 0.1) is 16.1 Å². The number of hydrazine groups is 1. The van der Waals surface area contributed by atoms with Crippen molar-refractivity contribution in [3.63, 3.8) is 0 Å². The fourth-order valence-corrected chi connectivity index (χ4v) is 3.34. The Labute approximate surface area is 161 Å². The van der Waals surface area contributed by atoms with Crippen LogP contribution in [0.1, 0.15) is 0 Å². The van der Waals surface area contributed by atoms with E-state index < -0.39 is 10.0 Å². The van der Waals surface area contributed by atoms with Crippen LogP contribution in [0.25, 0.3) is 22.2 Å². The van der Waals surface area contributed by atoms with Crippen molar-refractivity contribution >= 4 is 32.6 Å². The number of pyridine rings is 1. The number of hydrogen-bond acceptors (Lipinski definition) is 7. The fourth-order valence-electron chi connectivity index (χ4n) is 2.71. The van der Waals surface area contributed by atoms with E-state index in [1.807, 2.05) is 30.3 Å². The van der Waals surface area contributed by atoms with E-state index in [1.165, 1.54) is 12.1 Å². The van der Waals surface area contributed by atoms with Gasteiger partial charge in [-0.3, -0.25) is 10.8 Å². The first-order valence-electron chi connectivity index (χ1n) is 8.33. The van der Waals surface area contributed by atoms with Crippen molar-refractivity contribution < 1.29 is 8.42 Å². The van der Waals surface area contributed by atoms with Crippen molar-refractivity contribution in [2.24, 2.45) is 5.84 Å². The van der Waals surface area contributed by atoms with Gasteiger partial charge in [0.15, 0.2) is 0 Å². The molecule has 4 rings (SSSR count). The predicted octanol–water partition coefficient (Wildman–Crippen LogP) is 2.59. The molecule has 8 nitrogen and oxygen atoms in total. The number of para-hydroxylation sites is 1. The van der Waals surface area contributed by atoms with Gasteiger partial charge < -0.3 is 5.32 Å². The van der Waals surface area contributed by atoms with Crippen LogP contribution < -0.4 is 16.0 Å². The fraction of sp³-hybridized carbons (Fsp3) is 0. The maximum absolute atomic E-state index is 11.7. The van der Waals surface area contributed by atoms with Gasteiger partial charge in [-0.1, -0.05) is 18.2 Å². The monoisotopic (exact) mass is 392 g/mol. The van der Waals surface area contributed by atoms with E-state index in [9.17, 15) is 8.42 Å². The summed E-state index contributed by atoms with van der Waals surface area (Å²) < 4.78 is 23.4. The highest BCUT2D eigenvalue weighted by Gasteiger charge is 2.11. The average molecular weight is 392 g/mol. The molecule has 0 atom stereocenters. The molecule has 0 aliphatic carbocycles. The number of aromatic nitrogens is 3. The number of fused-ring (bicyclic) bond motifs is 1. The van der Waals surface area contributed by atoms with Gasteiger partial charge in [0.25, 0.3) is 10.0 Å². The Balaban J connectivity index is 1.60. The Morgan fingerprint density at radius 1 is 0.929 bits per heavy atom. The molecule has 2 aromatic carbocycles. The molecule has 4 N–H and O–H groups in total. The molecule has 0 fully saturated rings. The molecule has 0 radical (unpaired) electrons. The van der Waals surface area contributed by atoms with Crippen LogP contribution in [0.4, 0.5) is 11.6 Å². The number of nitrogens with two attached hydrogens (primary N) is 1. The molecule has 4 aromatic rings. The van der Waals surface area contributed by atoms with Crippen LogP contribution in [0.2, 0.25) is 0 Å². The van der Waals surface area contributed by atoms with Gasteiger partial charge in [0, 0.05) is 29.0 Å². The Morgan fingerprint density at radius 2 is 1.71 bits per heavy atom. The first-order chi connectivity index (χ1) is 13.5. The molecule has 28 heavy (non-hydrogen) atoms. The number of anilines is 2. The van der Waals surface area contributed by atoms with E-state index in [0.29, 0.717) is 11.6 Å². The number of benzene rings is 2. The summed E-state index contributed by atoms with van der Waals surface area (Å²) in [6.07, 6.45) is 3.42. The van der Waals surface area contributed by atoms with Crippen molar-refractivity contribution in [3.8, 4) is 11.3 Å². The number of rotatable bonds is 5. The van der Waals surface area contributed by atoms with Crippen molar-refractivity contribution in [3.05, 3.63) is 73.1 Å². The molecular weight excluding hydrogens is 376 g/mol. The van der Waals surface area contributed by atoms with E-state index in [-0.39, 0.29) is 4.90 Å². The van der Waals surface area contributed by atoms with E-state index in [0.717, 1.165) is 22.2 Å². The van der Waals surface area contributed by atoms with Crippen LogP contribution >= 0.6 is 0 Å². The number of nitrogens with zero attached hydrogens (tertiary/aromatic N) is 3. The lowest BCUT2D eigenvalue weighted by molar-refractivity contribution is 0.584. The molecule has 0 saturated heterocycles. The SMILES string of the molecule is NNS(=O)(=O)c1ccc(Nc2nccc(-c3cnc4ccccc4c3)n2)cc1. The predicted molar refractivity (Wildman–Crippen MR) is 107 cm³/mol. The number of hydrogen-bond donors (Lipinski definition) is 3. The second-order valence-corrected chi connectivity index (χ2v) is 7.67. The molecule has 0 bridgehead atoms. The first kappa shape index (κ1) is 18.0. The molecular formula is C19H16N6O2S. The van der Waals surface area contributed by atoms with Crippen LogP contribution in [-0.2, 0) is 10.0 Å². The third kappa shape index (κ3) is 3.67. The molecule has 0 amide bonds. The van der Waals surface area contributed by atoms with Gasteiger partial charge in [-0.25, -0.2) is 18.4 Å². The van der Waals surface area contributed by atoms with Gasteiger partial charge in [-0.15, -0.1) is 0 Å². The van der Waals surface area contributed by atoms with Gasteiger partial charge in [0.1, 0.15) is 0 Å². The molecule has 0 aliphatic rings. The van der Waals surface area contributed by atoms with E-state index in [4.69, 9.17) is 5.84 Å². The first-order valence-corrected chi connectivity index (χ1v) is 9.81. The van der Waals surface area contributed by atoms with Gasteiger partial charge in [-0.05, 0) is 42.5 Å². The van der Waals surface area contributed by atoms with Crippen LogP contribution in [0.3, 0.4) is 0 Å². The minimum atomic E-state index is -3.69. The summed E-state index contributed by atoms with van der Waals surface area (Å²) in [5, 5.41) is 4.09. The zero-order valence-corrected chi connectivity index (χ0v) is 15.4. The van der Waals surface area contributed by atoms with Crippen LogP contribution in [-0.4, -0.2) is 23.4 Å². The second-order valence-electron chi connectivity index (χ2n) is 5.95. The maximum Gasteiger partial charge on any atom is 0.253 e. The molecule has 0 aliphatic heterocycles. The lowest BCUT2D eigenvalue weighted by Crippen LogP contribution is -2.30. The zero-order chi connectivity index (χ0) is 19.6. The van der Waals surface area contributed by atoms with Crippen molar-refractivity contribution in [1.82, 2.24) is 19.8 Å². The van der Waals surface area contributed by atoms with Gasteiger partial charge in [-0.2, -0.15) is 4.83 Å². The summed E-state index contributed by atoms with van der Waals surface area (Å²) in [5.41, 5.74) is 3.16. The lowest BCUT2D eigenvalue weighted by Gasteiger charge is -2.08. The van der Waals surface area contributed by atoms with Crippen LogP contribution in [0, 0.1) is 0 Å². The summed E-state index contributed by atoms with van der Waals surface area (Å²) in [6, 6.07) is 17.8. The van der Waals surface area contributed by atoms with Crippen molar-refractivity contribution in [2.45, 2.75) is 4.90 Å². The molecule has 2 aromatic heterocycles. The Hall–Kier alpha value is -3.40. The Kier molecular flexibility index (Phi) is 4.70. The largest absolute Gasteiger partial charge is 0.324 e. The molecule has 0 unspecified atom stereocenters. The Morgan fingerprint density at radius 3 is 2.50 bits per heavy atom. The van der Waals surface area contributed by atoms with Gasteiger partial charge >= 0.3 is 0 Å². The third-order valence-electron chi connectivity index (χ3n) is 4.12. The summed E-state index contributed by atoms with van der Waals surface area (Å²) in [7, 11) is -3.69. The lowest BCUT2D eigenvalue weighted by atomic mass is 10.1. The van der Waals surface area contributed by atoms with Crippen LogP contribution in [0.15, 0.2) is 78.0 Å². The average Bonchev–Trinajstić information content (AvgIpc) is 2.74. The van der Waals surface area contributed by atoms with Crippen molar-refractivity contribution in [1.29, 1.82) is 0 Å². The Bertz CT molecular complexity index is 1240. The summed E-state index contributed by atoms with van der Waals surface area (Å²) >= 11 is 0. The maximum atomic E-state index is 11.7. The highest BCUT2D eigenvalue weighted by atomic mass is 32.2.